The van der Waals surface area contributed by atoms with Gasteiger partial charge in [-0.05, 0) is 24.7 Å². The molecule has 0 bridgehead atoms. The summed E-state index contributed by atoms with van der Waals surface area (Å²) < 4.78 is 5.13. The van der Waals surface area contributed by atoms with Crippen molar-refractivity contribution in [1.82, 2.24) is 5.32 Å². The van der Waals surface area contributed by atoms with Crippen molar-refractivity contribution in [2.45, 2.75) is 38.6 Å². The molecule has 0 radical (unpaired) electrons. The zero-order valence-electron chi connectivity index (χ0n) is 10.2. The largest absolute Gasteiger partial charge is 0.409 e. The molecule has 5 nitrogen and oxygen atoms in total. The van der Waals surface area contributed by atoms with Crippen molar-refractivity contribution in [3.05, 3.63) is 0 Å². The molecule has 1 aliphatic carbocycles. The number of hydrogen-bond acceptors (Lipinski definition) is 4. The Bertz CT molecular complexity index is 239. The van der Waals surface area contributed by atoms with Crippen LogP contribution in [-0.2, 0) is 4.74 Å². The van der Waals surface area contributed by atoms with Crippen LogP contribution in [0.4, 0.5) is 0 Å². The summed E-state index contributed by atoms with van der Waals surface area (Å²) >= 11 is 0. The Morgan fingerprint density at radius 3 is 2.75 bits per heavy atom. The van der Waals surface area contributed by atoms with E-state index in [-0.39, 0.29) is 5.41 Å². The van der Waals surface area contributed by atoms with Crippen LogP contribution in [0.15, 0.2) is 5.16 Å². The van der Waals surface area contributed by atoms with Crippen LogP contribution < -0.4 is 11.1 Å². The van der Waals surface area contributed by atoms with Gasteiger partial charge >= 0.3 is 0 Å². The van der Waals surface area contributed by atoms with Crippen LogP contribution in [0, 0.1) is 5.41 Å². The maximum Gasteiger partial charge on any atom is 0.139 e. The van der Waals surface area contributed by atoms with E-state index in [9.17, 15) is 0 Å². The fourth-order valence-corrected chi connectivity index (χ4v) is 1.90. The first-order chi connectivity index (χ1) is 7.65. The van der Waals surface area contributed by atoms with Gasteiger partial charge in [0.05, 0.1) is 6.61 Å². The van der Waals surface area contributed by atoms with Crippen molar-refractivity contribution >= 4 is 5.84 Å². The van der Waals surface area contributed by atoms with Gasteiger partial charge in [-0.2, -0.15) is 0 Å². The van der Waals surface area contributed by atoms with Gasteiger partial charge in [-0.3, -0.25) is 0 Å². The molecule has 1 unspecified atom stereocenters. The van der Waals surface area contributed by atoms with E-state index in [1.54, 1.807) is 7.11 Å². The zero-order chi connectivity index (χ0) is 12.0. The van der Waals surface area contributed by atoms with Crippen molar-refractivity contribution < 1.29 is 9.94 Å². The first kappa shape index (κ1) is 13.3. The lowest BCUT2D eigenvalue weighted by molar-refractivity contribution is 0.161. The van der Waals surface area contributed by atoms with Crippen LogP contribution in [0.1, 0.15) is 32.6 Å². The van der Waals surface area contributed by atoms with Crippen molar-refractivity contribution in [2.75, 3.05) is 20.3 Å². The summed E-state index contributed by atoms with van der Waals surface area (Å²) in [6, 6.07) is 0.398. The third kappa shape index (κ3) is 3.98. The predicted molar refractivity (Wildman–Crippen MR) is 63.7 cm³/mol. The second-order valence-electron chi connectivity index (χ2n) is 4.71. The number of methoxy groups -OCH3 is 1. The van der Waals surface area contributed by atoms with Crippen LogP contribution in [-0.4, -0.2) is 37.3 Å². The summed E-state index contributed by atoms with van der Waals surface area (Å²) in [5.74, 6) is 0.332. The summed E-state index contributed by atoms with van der Waals surface area (Å²) in [6.07, 6.45) is 4.03. The number of nitrogens with two attached hydrogens (primary N) is 1. The van der Waals surface area contributed by atoms with Gasteiger partial charge in [-0.25, -0.2) is 0 Å². The van der Waals surface area contributed by atoms with E-state index in [0.29, 0.717) is 18.3 Å². The second kappa shape index (κ2) is 6.06. The maximum atomic E-state index is 8.56. The van der Waals surface area contributed by atoms with E-state index in [1.807, 2.05) is 0 Å². The average molecular weight is 229 g/mol. The Hall–Kier alpha value is -0.810. The molecule has 0 saturated heterocycles. The molecule has 1 atom stereocenters. The smallest absolute Gasteiger partial charge is 0.139 e. The molecule has 0 heterocycles. The van der Waals surface area contributed by atoms with Crippen LogP contribution in [0.3, 0.4) is 0 Å². The summed E-state index contributed by atoms with van der Waals surface area (Å²) in [5, 5.41) is 15.1. The molecule has 0 aromatic heterocycles. The van der Waals surface area contributed by atoms with Crippen molar-refractivity contribution in [3.63, 3.8) is 0 Å². The number of amidine groups is 1. The standard InChI is InChI=1S/C11H23N3O2/c1-3-9(7-16-2)13-8-11(4-5-11)6-10(12)14-15/h9,13,15H,3-8H2,1-2H3,(H2,12,14). The van der Waals surface area contributed by atoms with E-state index in [4.69, 9.17) is 15.7 Å². The van der Waals surface area contributed by atoms with Gasteiger partial charge in [0.25, 0.3) is 0 Å². The van der Waals surface area contributed by atoms with Crippen molar-refractivity contribution in [2.24, 2.45) is 16.3 Å². The lowest BCUT2D eigenvalue weighted by Gasteiger charge is -2.21. The molecule has 1 rings (SSSR count). The first-order valence-electron chi connectivity index (χ1n) is 5.84. The van der Waals surface area contributed by atoms with Gasteiger partial charge in [0.2, 0.25) is 0 Å². The summed E-state index contributed by atoms with van der Waals surface area (Å²) in [5.41, 5.74) is 5.76. The fourth-order valence-electron chi connectivity index (χ4n) is 1.90. The number of nitrogens with zero attached hydrogens (tertiary/aromatic N) is 1. The van der Waals surface area contributed by atoms with Crippen LogP contribution in [0.25, 0.3) is 0 Å². The SMILES string of the molecule is CCC(COC)NCC1(CC(N)=NO)CC1. The molecular formula is C11H23N3O2. The van der Waals surface area contributed by atoms with Gasteiger partial charge in [0.1, 0.15) is 5.84 Å². The molecule has 1 saturated carbocycles. The number of ether oxygens (including phenoxy) is 1. The number of rotatable bonds is 8. The molecule has 1 aliphatic rings. The van der Waals surface area contributed by atoms with Gasteiger partial charge in [0, 0.05) is 26.1 Å². The number of nitrogens with one attached hydrogen (secondary N) is 1. The van der Waals surface area contributed by atoms with Gasteiger partial charge in [0.15, 0.2) is 0 Å². The molecule has 0 aromatic carbocycles. The molecule has 1 fully saturated rings. The monoisotopic (exact) mass is 229 g/mol. The molecular weight excluding hydrogens is 206 g/mol. The molecule has 4 N–H and O–H groups in total. The third-order valence-electron chi connectivity index (χ3n) is 3.27. The van der Waals surface area contributed by atoms with Crippen molar-refractivity contribution in [3.8, 4) is 0 Å². The van der Waals surface area contributed by atoms with Gasteiger partial charge in [-0.15, -0.1) is 0 Å². The van der Waals surface area contributed by atoms with Gasteiger partial charge in [-0.1, -0.05) is 12.1 Å². The van der Waals surface area contributed by atoms with Crippen LogP contribution in [0.5, 0.6) is 0 Å². The Labute approximate surface area is 97.0 Å². The highest BCUT2D eigenvalue weighted by atomic mass is 16.5. The fraction of sp³-hybridized carbons (Fsp3) is 0.909. The highest BCUT2D eigenvalue weighted by Gasteiger charge is 2.43. The third-order valence-corrected chi connectivity index (χ3v) is 3.27. The molecule has 0 spiro atoms. The highest BCUT2D eigenvalue weighted by molar-refractivity contribution is 5.80. The number of hydrogen-bond donors (Lipinski definition) is 3. The van der Waals surface area contributed by atoms with Crippen molar-refractivity contribution in [1.29, 1.82) is 0 Å². The normalized spacial score (nSPS) is 20.8. The van der Waals surface area contributed by atoms with Crippen LogP contribution >= 0.6 is 0 Å². The minimum Gasteiger partial charge on any atom is -0.409 e. The maximum absolute atomic E-state index is 8.56. The van der Waals surface area contributed by atoms with E-state index in [2.05, 4.69) is 17.4 Å². The lowest BCUT2D eigenvalue weighted by Crippen LogP contribution is -2.38. The summed E-state index contributed by atoms with van der Waals surface area (Å²) in [4.78, 5) is 0. The van der Waals surface area contributed by atoms with E-state index in [0.717, 1.165) is 32.4 Å². The molecule has 5 heteroatoms. The lowest BCUT2D eigenvalue weighted by atomic mass is 10.0. The summed E-state index contributed by atoms with van der Waals surface area (Å²) in [7, 11) is 1.72. The van der Waals surface area contributed by atoms with E-state index >= 15 is 0 Å². The zero-order valence-corrected chi connectivity index (χ0v) is 10.2. The van der Waals surface area contributed by atoms with Crippen LogP contribution in [0.2, 0.25) is 0 Å². The highest BCUT2D eigenvalue weighted by Crippen LogP contribution is 2.48. The topological polar surface area (TPSA) is 79.9 Å². The Morgan fingerprint density at radius 1 is 1.62 bits per heavy atom. The van der Waals surface area contributed by atoms with E-state index in [1.165, 1.54) is 0 Å². The molecule has 0 aliphatic heterocycles. The minimum atomic E-state index is 0.220. The Kier molecular flexibility index (Phi) is 5.02. The van der Waals surface area contributed by atoms with E-state index < -0.39 is 0 Å². The molecule has 16 heavy (non-hydrogen) atoms. The molecule has 0 aromatic rings. The number of oxime groups is 1. The Morgan fingerprint density at radius 2 is 2.31 bits per heavy atom. The van der Waals surface area contributed by atoms with Gasteiger partial charge < -0.3 is 21.0 Å². The second-order valence-corrected chi connectivity index (χ2v) is 4.71. The first-order valence-corrected chi connectivity index (χ1v) is 5.84. The molecule has 0 amide bonds. The quantitative estimate of drug-likeness (QED) is 0.250. The predicted octanol–water partition coefficient (Wildman–Crippen LogP) is 0.918. The summed E-state index contributed by atoms with van der Waals surface area (Å²) in [6.45, 7) is 3.79. The Balaban J connectivity index is 2.30. The average Bonchev–Trinajstić information content (AvgIpc) is 3.04. The molecule has 94 valence electrons. The minimum absolute atomic E-state index is 0.220.